The zero-order valence-electron chi connectivity index (χ0n) is 5.98. The van der Waals surface area contributed by atoms with Crippen molar-refractivity contribution >= 4 is 0 Å². The highest BCUT2D eigenvalue weighted by atomic mass is 13.9. The quantitative estimate of drug-likeness (QED) is 0.441. The molecule has 0 aromatic heterocycles. The van der Waals surface area contributed by atoms with Gasteiger partial charge < -0.3 is 0 Å². The Labute approximate surface area is 62.3 Å². The first-order chi connectivity index (χ1) is 5.00. The van der Waals surface area contributed by atoms with Gasteiger partial charge in [-0.15, -0.1) is 0 Å². The van der Waals surface area contributed by atoms with E-state index in [-0.39, 0.29) is 0 Å². The summed E-state index contributed by atoms with van der Waals surface area (Å²) in [6, 6.07) is 0. The van der Waals surface area contributed by atoms with Crippen molar-refractivity contribution < 1.29 is 0 Å². The minimum Gasteiger partial charge on any atom is -0.0985 e. The van der Waals surface area contributed by atoms with Crippen LogP contribution in [0.25, 0.3) is 0 Å². The number of hydrogen-bond acceptors (Lipinski definition) is 0. The second kappa shape index (κ2) is 4.71. The SMILES string of the molecule is C1#CCCCCC#C/C=C\1. The molecule has 0 N–H and O–H groups in total. The normalized spacial score (nSPS) is 19.2. The maximum atomic E-state index is 3.05. The highest BCUT2D eigenvalue weighted by Crippen LogP contribution is 1.97. The second-order valence-corrected chi connectivity index (χ2v) is 2.18. The molecule has 10 heavy (non-hydrogen) atoms. The molecule has 0 bridgehead atoms. The molecule has 0 atom stereocenters. The zero-order valence-corrected chi connectivity index (χ0v) is 5.98. The van der Waals surface area contributed by atoms with Crippen molar-refractivity contribution in [2.45, 2.75) is 25.7 Å². The third kappa shape index (κ3) is 3.00. The first kappa shape index (κ1) is 6.97. The first-order valence-corrected chi connectivity index (χ1v) is 3.62. The molecule has 0 heteroatoms. The molecule has 50 valence electrons. The molecule has 0 spiro atoms. The second-order valence-electron chi connectivity index (χ2n) is 2.18. The van der Waals surface area contributed by atoms with E-state index in [4.69, 9.17) is 0 Å². The summed E-state index contributed by atoms with van der Waals surface area (Å²) in [6.45, 7) is 0. The van der Waals surface area contributed by atoms with Crippen LogP contribution in [0.4, 0.5) is 0 Å². The third-order valence-electron chi connectivity index (χ3n) is 1.31. The van der Waals surface area contributed by atoms with Crippen LogP contribution < -0.4 is 0 Å². The molecule has 0 amide bonds. The molecule has 0 nitrogen and oxygen atoms in total. The predicted octanol–water partition coefficient (Wildman–Crippen LogP) is 2.12. The Balaban J connectivity index is 2.51. The molecule has 0 saturated carbocycles. The van der Waals surface area contributed by atoms with Crippen LogP contribution in [0.3, 0.4) is 0 Å². The summed E-state index contributed by atoms with van der Waals surface area (Å²) in [5.41, 5.74) is 0. The van der Waals surface area contributed by atoms with Gasteiger partial charge in [0.2, 0.25) is 0 Å². The maximum Gasteiger partial charge on any atom is 0.00925 e. The average Bonchev–Trinajstić information content (AvgIpc) is 2.01. The monoisotopic (exact) mass is 130 g/mol. The van der Waals surface area contributed by atoms with Gasteiger partial charge in [-0.1, -0.05) is 23.7 Å². The summed E-state index contributed by atoms with van der Waals surface area (Å²) in [6.07, 6.45) is 8.06. The Morgan fingerprint density at radius 3 is 1.80 bits per heavy atom. The van der Waals surface area contributed by atoms with Crippen molar-refractivity contribution in [1.82, 2.24) is 0 Å². The van der Waals surface area contributed by atoms with E-state index in [1.807, 2.05) is 12.2 Å². The van der Waals surface area contributed by atoms with Crippen molar-refractivity contribution in [2.24, 2.45) is 0 Å². The van der Waals surface area contributed by atoms with Crippen LogP contribution in [-0.2, 0) is 0 Å². The summed E-state index contributed by atoms with van der Waals surface area (Å²) in [4.78, 5) is 0. The molecule has 0 aromatic carbocycles. The van der Waals surface area contributed by atoms with E-state index >= 15 is 0 Å². The molecule has 0 saturated heterocycles. The van der Waals surface area contributed by atoms with E-state index in [9.17, 15) is 0 Å². The van der Waals surface area contributed by atoms with Crippen molar-refractivity contribution in [3.05, 3.63) is 12.2 Å². The minimum atomic E-state index is 1.02. The van der Waals surface area contributed by atoms with Crippen LogP contribution in [0, 0.1) is 23.7 Å². The van der Waals surface area contributed by atoms with E-state index in [0.717, 1.165) is 12.8 Å². The molecule has 0 radical (unpaired) electrons. The predicted molar refractivity (Wildman–Crippen MR) is 43.2 cm³/mol. The summed E-state index contributed by atoms with van der Waals surface area (Å²) in [7, 11) is 0. The lowest BCUT2D eigenvalue weighted by Gasteiger charge is -1.88. The lowest BCUT2D eigenvalue weighted by atomic mass is 10.2. The number of allylic oxidation sites excluding steroid dienone is 2. The molecule has 0 fully saturated rings. The Morgan fingerprint density at radius 1 is 0.800 bits per heavy atom. The molecular weight excluding hydrogens is 120 g/mol. The Kier molecular flexibility index (Phi) is 3.29. The summed E-state index contributed by atoms with van der Waals surface area (Å²) in [5.74, 6) is 11.9. The molecule has 0 aliphatic heterocycles. The van der Waals surface area contributed by atoms with E-state index in [1.54, 1.807) is 0 Å². The maximum absolute atomic E-state index is 3.05. The van der Waals surface area contributed by atoms with Crippen LogP contribution >= 0.6 is 0 Å². The lowest BCUT2D eigenvalue weighted by molar-refractivity contribution is 0.782. The molecule has 1 rings (SSSR count). The van der Waals surface area contributed by atoms with Crippen LogP contribution in [-0.4, -0.2) is 0 Å². The Hall–Kier alpha value is -1.14. The smallest absolute Gasteiger partial charge is 0.00925 e. The van der Waals surface area contributed by atoms with E-state index in [1.165, 1.54) is 12.8 Å². The Morgan fingerprint density at radius 2 is 1.30 bits per heavy atom. The molecule has 1 aliphatic rings. The standard InChI is InChI=1S/C10H10/c1-2-4-6-8-10-9-7-5-3-1/h1-2H,7-10H2/b2-1-. The van der Waals surface area contributed by atoms with Crippen molar-refractivity contribution in [1.29, 1.82) is 0 Å². The van der Waals surface area contributed by atoms with Crippen molar-refractivity contribution in [3.63, 3.8) is 0 Å². The lowest BCUT2D eigenvalue weighted by Crippen LogP contribution is -1.73. The molecular formula is C10H10. The topological polar surface area (TPSA) is 0 Å². The van der Waals surface area contributed by atoms with Gasteiger partial charge in [-0.05, 0) is 25.0 Å². The molecule has 0 unspecified atom stereocenters. The summed E-state index contributed by atoms with van der Waals surface area (Å²) >= 11 is 0. The molecule has 0 heterocycles. The van der Waals surface area contributed by atoms with E-state index < -0.39 is 0 Å². The van der Waals surface area contributed by atoms with Crippen LogP contribution in [0.2, 0.25) is 0 Å². The van der Waals surface area contributed by atoms with Crippen LogP contribution in [0.1, 0.15) is 25.7 Å². The summed E-state index contributed by atoms with van der Waals surface area (Å²) in [5, 5.41) is 0. The van der Waals surface area contributed by atoms with E-state index in [0.29, 0.717) is 0 Å². The zero-order chi connectivity index (χ0) is 7.07. The Bertz CT molecular complexity index is 198. The summed E-state index contributed by atoms with van der Waals surface area (Å²) < 4.78 is 0. The molecule has 0 aromatic rings. The number of rotatable bonds is 0. The van der Waals surface area contributed by atoms with Gasteiger partial charge in [0, 0.05) is 12.8 Å². The highest BCUT2D eigenvalue weighted by molar-refractivity contribution is 5.25. The van der Waals surface area contributed by atoms with Crippen LogP contribution in [0.5, 0.6) is 0 Å². The largest absolute Gasteiger partial charge is 0.0985 e. The van der Waals surface area contributed by atoms with Crippen LogP contribution in [0.15, 0.2) is 12.2 Å². The van der Waals surface area contributed by atoms with Gasteiger partial charge in [0.25, 0.3) is 0 Å². The van der Waals surface area contributed by atoms with Gasteiger partial charge in [-0.25, -0.2) is 0 Å². The average molecular weight is 130 g/mol. The van der Waals surface area contributed by atoms with Gasteiger partial charge in [-0.3, -0.25) is 0 Å². The van der Waals surface area contributed by atoms with Gasteiger partial charge >= 0.3 is 0 Å². The van der Waals surface area contributed by atoms with Gasteiger partial charge in [0.05, 0.1) is 0 Å². The van der Waals surface area contributed by atoms with Gasteiger partial charge in [0.15, 0.2) is 0 Å². The fraction of sp³-hybridized carbons (Fsp3) is 0.400. The van der Waals surface area contributed by atoms with E-state index in [2.05, 4.69) is 23.7 Å². The molecule has 1 aliphatic carbocycles. The fourth-order valence-electron chi connectivity index (χ4n) is 0.772. The third-order valence-corrected chi connectivity index (χ3v) is 1.31. The fourth-order valence-corrected chi connectivity index (χ4v) is 0.772. The number of hydrogen-bond donors (Lipinski definition) is 0. The van der Waals surface area contributed by atoms with Gasteiger partial charge in [0.1, 0.15) is 0 Å². The van der Waals surface area contributed by atoms with Crippen molar-refractivity contribution in [3.8, 4) is 23.7 Å². The van der Waals surface area contributed by atoms with Crippen molar-refractivity contribution in [2.75, 3.05) is 0 Å². The van der Waals surface area contributed by atoms with Gasteiger partial charge in [-0.2, -0.15) is 0 Å². The minimum absolute atomic E-state index is 1.02. The highest BCUT2D eigenvalue weighted by Gasteiger charge is 1.82. The first-order valence-electron chi connectivity index (χ1n) is 3.62.